The molecule has 1 fully saturated rings. The summed E-state index contributed by atoms with van der Waals surface area (Å²) in [7, 11) is 0. The summed E-state index contributed by atoms with van der Waals surface area (Å²) in [6.07, 6.45) is 10.5. The summed E-state index contributed by atoms with van der Waals surface area (Å²) in [6.45, 7) is 2.91. The van der Waals surface area contributed by atoms with Gasteiger partial charge in [-0.25, -0.2) is 4.39 Å². The largest absolute Gasteiger partial charge is 0.494 e. The lowest BCUT2D eigenvalue weighted by Gasteiger charge is -2.28. The van der Waals surface area contributed by atoms with Crippen LogP contribution in [0.5, 0.6) is 5.75 Å². The van der Waals surface area contributed by atoms with E-state index in [4.69, 9.17) is 4.74 Å². The Morgan fingerprint density at radius 2 is 1.86 bits per heavy atom. The zero-order chi connectivity index (χ0) is 14.9. The minimum absolute atomic E-state index is 0.674. The summed E-state index contributed by atoms with van der Waals surface area (Å²) < 4.78 is 17.6. The summed E-state index contributed by atoms with van der Waals surface area (Å²) in [5.41, 5.74) is 1.45. The molecule has 0 aliphatic heterocycles. The monoisotopic (exact) mass is 290 g/mol. The maximum absolute atomic E-state index is 12.0. The van der Waals surface area contributed by atoms with Gasteiger partial charge in [-0.05, 0) is 74.5 Å². The molecular formula is C19H27FO. The van der Waals surface area contributed by atoms with Gasteiger partial charge in [0.15, 0.2) is 0 Å². The molecule has 21 heavy (non-hydrogen) atoms. The Hall–Kier alpha value is -1.31. The van der Waals surface area contributed by atoms with E-state index in [1.807, 2.05) is 0 Å². The van der Waals surface area contributed by atoms with Crippen molar-refractivity contribution in [2.45, 2.75) is 57.8 Å². The van der Waals surface area contributed by atoms with Crippen LogP contribution in [0.25, 0.3) is 0 Å². The molecule has 2 heteroatoms. The van der Waals surface area contributed by atoms with Crippen molar-refractivity contribution in [1.82, 2.24) is 0 Å². The van der Waals surface area contributed by atoms with Crippen LogP contribution in [0, 0.1) is 5.92 Å². The molecule has 0 spiro atoms. The first-order valence-corrected chi connectivity index (χ1v) is 8.31. The standard InChI is InChI=1S/C19H27FO/c1-2-15-21-19-12-10-18(11-13-19)17-8-6-16(7-9-17)5-3-4-14-20/h4,10-14,16-17H,2-3,5-9,15H2,1H3/b14-4+. The van der Waals surface area contributed by atoms with Gasteiger partial charge < -0.3 is 4.74 Å². The number of benzene rings is 1. The van der Waals surface area contributed by atoms with Crippen molar-refractivity contribution >= 4 is 0 Å². The highest BCUT2D eigenvalue weighted by Crippen LogP contribution is 2.37. The molecule has 1 saturated carbocycles. The first-order valence-electron chi connectivity index (χ1n) is 8.31. The molecule has 1 nitrogen and oxygen atoms in total. The van der Waals surface area contributed by atoms with Gasteiger partial charge in [0.25, 0.3) is 0 Å². The molecule has 0 saturated heterocycles. The molecule has 2 rings (SSSR count). The van der Waals surface area contributed by atoms with Crippen LogP contribution in [-0.2, 0) is 0 Å². The molecule has 0 aromatic heterocycles. The van der Waals surface area contributed by atoms with E-state index in [2.05, 4.69) is 31.2 Å². The molecule has 0 N–H and O–H groups in total. The Balaban J connectivity index is 1.79. The van der Waals surface area contributed by atoms with Crippen LogP contribution >= 0.6 is 0 Å². The Kier molecular flexibility index (Phi) is 6.78. The van der Waals surface area contributed by atoms with Crippen LogP contribution in [-0.4, -0.2) is 6.61 Å². The van der Waals surface area contributed by atoms with Crippen molar-refractivity contribution in [3.8, 4) is 5.75 Å². The second-order valence-corrected chi connectivity index (χ2v) is 6.07. The summed E-state index contributed by atoms with van der Waals surface area (Å²) in [6, 6.07) is 8.65. The quantitative estimate of drug-likeness (QED) is 0.597. The molecular weight excluding hydrogens is 263 g/mol. The first kappa shape index (κ1) is 16.1. The van der Waals surface area contributed by atoms with Crippen molar-refractivity contribution in [1.29, 1.82) is 0 Å². The fourth-order valence-corrected chi connectivity index (χ4v) is 3.24. The second kappa shape index (κ2) is 8.86. The minimum Gasteiger partial charge on any atom is -0.494 e. The van der Waals surface area contributed by atoms with E-state index in [0.717, 1.165) is 37.5 Å². The van der Waals surface area contributed by atoms with Crippen molar-refractivity contribution < 1.29 is 9.13 Å². The number of ether oxygens (including phenoxy) is 1. The normalized spacial score (nSPS) is 22.6. The zero-order valence-electron chi connectivity index (χ0n) is 13.1. The maximum atomic E-state index is 12.0. The van der Waals surface area contributed by atoms with Crippen molar-refractivity contribution in [2.75, 3.05) is 6.61 Å². The van der Waals surface area contributed by atoms with Gasteiger partial charge in [0.05, 0.1) is 12.9 Å². The number of halogens is 1. The van der Waals surface area contributed by atoms with Crippen molar-refractivity contribution in [3.05, 3.63) is 42.2 Å². The third-order valence-electron chi connectivity index (χ3n) is 4.50. The van der Waals surface area contributed by atoms with Gasteiger partial charge in [0.2, 0.25) is 0 Å². The van der Waals surface area contributed by atoms with Gasteiger partial charge in [-0.3, -0.25) is 0 Å². The van der Waals surface area contributed by atoms with Gasteiger partial charge in [-0.15, -0.1) is 0 Å². The smallest absolute Gasteiger partial charge is 0.119 e. The molecule has 0 amide bonds. The zero-order valence-corrected chi connectivity index (χ0v) is 13.1. The third-order valence-corrected chi connectivity index (χ3v) is 4.50. The molecule has 116 valence electrons. The predicted octanol–water partition coefficient (Wildman–Crippen LogP) is 6.01. The van der Waals surface area contributed by atoms with E-state index in [1.165, 1.54) is 31.2 Å². The molecule has 0 bridgehead atoms. The Labute approximate surface area is 128 Å². The third kappa shape index (κ3) is 5.18. The topological polar surface area (TPSA) is 9.23 Å². The first-order chi connectivity index (χ1) is 10.3. The van der Waals surface area contributed by atoms with Crippen LogP contribution in [0.4, 0.5) is 4.39 Å². The van der Waals surface area contributed by atoms with Crippen LogP contribution in [0.2, 0.25) is 0 Å². The number of hydrogen-bond acceptors (Lipinski definition) is 1. The highest BCUT2D eigenvalue weighted by Gasteiger charge is 2.21. The van der Waals surface area contributed by atoms with E-state index in [1.54, 1.807) is 6.08 Å². The van der Waals surface area contributed by atoms with Gasteiger partial charge in [0.1, 0.15) is 5.75 Å². The fraction of sp³-hybridized carbons (Fsp3) is 0.579. The van der Waals surface area contributed by atoms with E-state index in [-0.39, 0.29) is 0 Å². The summed E-state index contributed by atoms with van der Waals surface area (Å²) in [4.78, 5) is 0. The van der Waals surface area contributed by atoms with Crippen LogP contribution in [0.3, 0.4) is 0 Å². The highest BCUT2D eigenvalue weighted by molar-refractivity contribution is 5.29. The van der Waals surface area contributed by atoms with Crippen LogP contribution in [0.1, 0.15) is 63.4 Å². The minimum atomic E-state index is 0.674. The lowest BCUT2D eigenvalue weighted by molar-refractivity contribution is 0.309. The SMILES string of the molecule is CCCOc1ccc(C2CCC(CC/C=C/F)CC2)cc1. The average molecular weight is 290 g/mol. The fourth-order valence-electron chi connectivity index (χ4n) is 3.24. The maximum Gasteiger partial charge on any atom is 0.119 e. The summed E-state index contributed by atoms with van der Waals surface area (Å²) in [5, 5.41) is 0. The van der Waals surface area contributed by atoms with E-state index < -0.39 is 0 Å². The molecule has 0 atom stereocenters. The Morgan fingerprint density at radius 3 is 2.48 bits per heavy atom. The van der Waals surface area contributed by atoms with Crippen LogP contribution in [0.15, 0.2) is 36.7 Å². The van der Waals surface area contributed by atoms with Crippen molar-refractivity contribution in [2.24, 2.45) is 5.92 Å². The van der Waals surface area contributed by atoms with Gasteiger partial charge in [-0.1, -0.05) is 25.1 Å². The van der Waals surface area contributed by atoms with Gasteiger partial charge in [-0.2, -0.15) is 0 Å². The number of allylic oxidation sites excluding steroid dienone is 1. The molecule has 0 heterocycles. The lowest BCUT2D eigenvalue weighted by atomic mass is 9.77. The van der Waals surface area contributed by atoms with E-state index >= 15 is 0 Å². The highest BCUT2D eigenvalue weighted by atomic mass is 19.1. The molecule has 0 radical (unpaired) electrons. The molecule has 1 aliphatic carbocycles. The lowest BCUT2D eigenvalue weighted by Crippen LogP contribution is -2.13. The number of rotatable bonds is 7. The predicted molar refractivity (Wildman–Crippen MR) is 86.4 cm³/mol. The van der Waals surface area contributed by atoms with Crippen LogP contribution < -0.4 is 4.74 Å². The Bertz CT molecular complexity index is 416. The molecule has 1 aromatic carbocycles. The number of hydrogen-bond donors (Lipinski definition) is 0. The summed E-state index contributed by atoms with van der Waals surface area (Å²) >= 11 is 0. The molecule has 0 unspecified atom stereocenters. The summed E-state index contributed by atoms with van der Waals surface area (Å²) in [5.74, 6) is 2.45. The van der Waals surface area contributed by atoms with Gasteiger partial charge >= 0.3 is 0 Å². The Morgan fingerprint density at radius 1 is 1.14 bits per heavy atom. The van der Waals surface area contributed by atoms with E-state index in [0.29, 0.717) is 12.2 Å². The van der Waals surface area contributed by atoms with Crippen molar-refractivity contribution in [3.63, 3.8) is 0 Å². The van der Waals surface area contributed by atoms with Gasteiger partial charge in [0, 0.05) is 0 Å². The molecule has 1 aliphatic rings. The molecule has 1 aromatic rings. The average Bonchev–Trinajstić information content (AvgIpc) is 2.54. The van der Waals surface area contributed by atoms with E-state index in [9.17, 15) is 4.39 Å². The second-order valence-electron chi connectivity index (χ2n) is 6.07.